The van der Waals surface area contributed by atoms with Gasteiger partial charge in [0.25, 0.3) is 5.89 Å². The van der Waals surface area contributed by atoms with Crippen LogP contribution in [0.4, 0.5) is 0 Å². The molecule has 0 aliphatic carbocycles. The molecule has 1 heterocycles. The predicted molar refractivity (Wildman–Crippen MR) is 98.9 cm³/mol. The summed E-state index contributed by atoms with van der Waals surface area (Å²) in [4.78, 5) is 16.2. The molecule has 0 bridgehead atoms. The third-order valence-electron chi connectivity index (χ3n) is 3.50. The smallest absolute Gasteiger partial charge is 0.338 e. The lowest BCUT2D eigenvalue weighted by atomic mass is 10.1. The molecule has 0 atom stereocenters. The van der Waals surface area contributed by atoms with Crippen LogP contribution in [0.2, 0.25) is 5.02 Å². The minimum Gasteiger partial charge on any atom is -0.452 e. The molecule has 3 rings (SSSR count). The van der Waals surface area contributed by atoms with Gasteiger partial charge < -0.3 is 9.26 Å². The average molecular weight is 407 g/mol. The fourth-order valence-corrected chi connectivity index (χ4v) is 3.30. The molecule has 0 saturated carbocycles. The minimum atomic E-state index is -3.13. The van der Waals surface area contributed by atoms with Crippen LogP contribution in [-0.2, 0) is 26.9 Å². The van der Waals surface area contributed by atoms with E-state index in [1.165, 1.54) is 12.1 Å². The average Bonchev–Trinajstić information content (AvgIpc) is 3.08. The Kier molecular flexibility index (Phi) is 5.57. The summed E-state index contributed by atoms with van der Waals surface area (Å²) >= 11 is 5.93. The maximum Gasteiger partial charge on any atom is 0.338 e. The molecule has 0 saturated heterocycles. The lowest BCUT2D eigenvalue weighted by Crippen LogP contribution is -2.06. The van der Waals surface area contributed by atoms with Crippen molar-refractivity contribution in [2.45, 2.75) is 12.4 Å². The van der Waals surface area contributed by atoms with E-state index in [0.717, 1.165) is 6.26 Å². The van der Waals surface area contributed by atoms with Gasteiger partial charge in [0.05, 0.1) is 11.3 Å². The molecule has 27 heavy (non-hydrogen) atoms. The van der Waals surface area contributed by atoms with Crippen LogP contribution < -0.4 is 0 Å². The molecule has 0 aliphatic rings. The van der Waals surface area contributed by atoms with E-state index in [1.807, 2.05) is 0 Å². The van der Waals surface area contributed by atoms with E-state index in [2.05, 4.69) is 10.1 Å². The first-order valence-electron chi connectivity index (χ1n) is 7.82. The third-order valence-corrected chi connectivity index (χ3v) is 4.59. The third kappa shape index (κ3) is 5.38. The van der Waals surface area contributed by atoms with E-state index in [1.54, 1.807) is 36.4 Å². The molecule has 3 aromatic rings. The molecule has 140 valence electrons. The summed E-state index contributed by atoms with van der Waals surface area (Å²) in [5.74, 6) is -0.180. The second-order valence-corrected chi connectivity index (χ2v) is 8.44. The summed E-state index contributed by atoms with van der Waals surface area (Å²) in [6, 6.07) is 13.1. The van der Waals surface area contributed by atoms with Crippen LogP contribution in [0.25, 0.3) is 11.4 Å². The van der Waals surface area contributed by atoms with Gasteiger partial charge in [0.2, 0.25) is 5.82 Å². The molecule has 9 heteroatoms. The van der Waals surface area contributed by atoms with E-state index < -0.39 is 15.8 Å². The summed E-state index contributed by atoms with van der Waals surface area (Å²) in [6.07, 6.45) is 1.15. The second-order valence-electron chi connectivity index (χ2n) is 5.87. The molecular formula is C18H15ClN2O5S. The van der Waals surface area contributed by atoms with Crippen molar-refractivity contribution in [3.05, 3.63) is 70.6 Å². The highest BCUT2D eigenvalue weighted by Crippen LogP contribution is 2.20. The lowest BCUT2D eigenvalue weighted by Gasteiger charge is -2.03. The van der Waals surface area contributed by atoms with Gasteiger partial charge in [0.15, 0.2) is 16.4 Å². The normalized spacial score (nSPS) is 11.3. The molecule has 0 aliphatic heterocycles. The lowest BCUT2D eigenvalue weighted by molar-refractivity contribution is 0.0430. The van der Waals surface area contributed by atoms with E-state index in [4.69, 9.17) is 20.9 Å². The Hall–Kier alpha value is -2.71. The molecule has 7 nitrogen and oxygen atoms in total. The number of sulfone groups is 1. The highest BCUT2D eigenvalue weighted by molar-refractivity contribution is 7.89. The summed E-state index contributed by atoms with van der Waals surface area (Å²) in [5.41, 5.74) is 1.57. The van der Waals surface area contributed by atoms with Gasteiger partial charge in [-0.2, -0.15) is 4.98 Å². The zero-order chi connectivity index (χ0) is 19.4. The summed E-state index contributed by atoms with van der Waals surface area (Å²) in [6.45, 7) is -0.183. The monoisotopic (exact) mass is 406 g/mol. The maximum atomic E-state index is 12.1. The van der Waals surface area contributed by atoms with Crippen molar-refractivity contribution in [1.82, 2.24) is 10.1 Å². The molecule has 2 aromatic carbocycles. The minimum absolute atomic E-state index is 0.0867. The number of ether oxygens (including phenoxy) is 1. The van der Waals surface area contributed by atoms with Gasteiger partial charge in [-0.25, -0.2) is 13.2 Å². The van der Waals surface area contributed by atoms with Crippen molar-refractivity contribution in [2.75, 3.05) is 6.26 Å². The Bertz CT molecular complexity index is 1060. The number of hydrogen-bond donors (Lipinski definition) is 0. The first kappa shape index (κ1) is 19.1. The maximum absolute atomic E-state index is 12.1. The fourth-order valence-electron chi connectivity index (χ4n) is 2.31. The first-order chi connectivity index (χ1) is 12.8. The number of nitrogens with zero attached hydrogens (tertiary/aromatic N) is 2. The van der Waals surface area contributed by atoms with E-state index >= 15 is 0 Å². The molecule has 0 unspecified atom stereocenters. The van der Waals surface area contributed by atoms with Crippen LogP contribution in [0, 0.1) is 0 Å². The number of carbonyl (C=O) groups excluding carboxylic acids is 1. The van der Waals surface area contributed by atoms with E-state index in [-0.39, 0.29) is 18.3 Å². The summed E-state index contributed by atoms with van der Waals surface area (Å²) in [7, 11) is -3.13. The van der Waals surface area contributed by atoms with Crippen LogP contribution in [0.5, 0.6) is 0 Å². The van der Waals surface area contributed by atoms with Crippen molar-refractivity contribution in [3.8, 4) is 11.4 Å². The van der Waals surface area contributed by atoms with Crippen molar-refractivity contribution >= 4 is 27.4 Å². The zero-order valence-electron chi connectivity index (χ0n) is 14.3. The van der Waals surface area contributed by atoms with Gasteiger partial charge in [-0.15, -0.1) is 0 Å². The van der Waals surface area contributed by atoms with Crippen molar-refractivity contribution in [2.24, 2.45) is 0 Å². The Labute approximate surface area is 160 Å². The summed E-state index contributed by atoms with van der Waals surface area (Å²) in [5, 5.41) is 4.38. The molecule has 1 aromatic heterocycles. The van der Waals surface area contributed by atoms with Crippen molar-refractivity contribution in [1.29, 1.82) is 0 Å². The highest BCUT2D eigenvalue weighted by Gasteiger charge is 2.13. The molecule has 0 spiro atoms. The number of esters is 1. The van der Waals surface area contributed by atoms with Crippen molar-refractivity contribution < 1.29 is 22.5 Å². The highest BCUT2D eigenvalue weighted by atomic mass is 35.5. The number of rotatable bonds is 6. The van der Waals surface area contributed by atoms with Crippen LogP contribution in [0.3, 0.4) is 0 Å². The van der Waals surface area contributed by atoms with Crippen LogP contribution in [0.15, 0.2) is 53.1 Å². The fraction of sp³-hybridized carbons (Fsp3) is 0.167. The SMILES string of the molecule is CS(=O)(=O)Cc1ccc(C(=O)OCc2nc(-c3cccc(Cl)c3)no2)cc1. The number of carbonyl (C=O) groups is 1. The number of benzene rings is 2. The Morgan fingerprint density at radius 3 is 2.59 bits per heavy atom. The van der Waals surface area contributed by atoms with Crippen molar-refractivity contribution in [3.63, 3.8) is 0 Å². The van der Waals surface area contributed by atoms with Gasteiger partial charge in [-0.05, 0) is 29.8 Å². The molecule has 0 fully saturated rings. The van der Waals surface area contributed by atoms with Gasteiger partial charge in [0.1, 0.15) is 0 Å². The van der Waals surface area contributed by atoms with Gasteiger partial charge >= 0.3 is 5.97 Å². The number of halogens is 1. The molecule has 0 amide bonds. The van der Waals surface area contributed by atoms with Gasteiger partial charge in [-0.1, -0.05) is 41.0 Å². The Morgan fingerprint density at radius 2 is 1.93 bits per heavy atom. The van der Waals surface area contributed by atoms with Crippen LogP contribution >= 0.6 is 11.6 Å². The Balaban J connectivity index is 1.61. The van der Waals surface area contributed by atoms with E-state index in [0.29, 0.717) is 27.5 Å². The largest absolute Gasteiger partial charge is 0.452 e. The molecular weight excluding hydrogens is 392 g/mol. The predicted octanol–water partition coefficient (Wildman–Crippen LogP) is 3.29. The van der Waals surface area contributed by atoms with Crippen LogP contribution in [-0.4, -0.2) is 30.8 Å². The number of aromatic nitrogens is 2. The summed E-state index contributed by atoms with van der Waals surface area (Å²) < 4.78 is 32.8. The molecule has 0 N–H and O–H groups in total. The zero-order valence-corrected chi connectivity index (χ0v) is 15.8. The standard InChI is InChI=1S/C18H15ClN2O5S/c1-27(23,24)11-12-5-7-13(8-6-12)18(22)25-10-16-20-17(21-26-16)14-3-2-4-15(19)9-14/h2-9H,10-11H2,1H3. The van der Waals surface area contributed by atoms with E-state index in [9.17, 15) is 13.2 Å². The topological polar surface area (TPSA) is 99.4 Å². The second kappa shape index (κ2) is 7.89. The number of hydrogen-bond acceptors (Lipinski definition) is 7. The Morgan fingerprint density at radius 1 is 1.19 bits per heavy atom. The van der Waals surface area contributed by atoms with Gasteiger partial charge in [-0.3, -0.25) is 0 Å². The van der Waals surface area contributed by atoms with Crippen LogP contribution in [0.1, 0.15) is 21.8 Å². The first-order valence-corrected chi connectivity index (χ1v) is 10.3. The molecule has 0 radical (unpaired) electrons. The quantitative estimate of drug-likeness (QED) is 0.579. The van der Waals surface area contributed by atoms with Gasteiger partial charge in [0, 0.05) is 16.8 Å².